The highest BCUT2D eigenvalue weighted by atomic mass is 19.4. The number of alkyl halides is 3. The van der Waals surface area contributed by atoms with Gasteiger partial charge in [-0.2, -0.15) is 13.2 Å². The first-order valence-electron chi connectivity index (χ1n) is 11.7. The summed E-state index contributed by atoms with van der Waals surface area (Å²) in [6.07, 6.45) is -0.608. The molecule has 1 fully saturated rings. The molecule has 0 radical (unpaired) electrons. The number of anilines is 1. The maximum atomic E-state index is 13.2. The lowest BCUT2D eigenvalue weighted by atomic mass is 10.2. The number of nitrogens with zero attached hydrogens (tertiary/aromatic N) is 5. The van der Waals surface area contributed by atoms with Gasteiger partial charge in [0.1, 0.15) is 28.9 Å². The van der Waals surface area contributed by atoms with E-state index >= 15 is 0 Å². The SMILES string of the molecule is CC(CN(C)C)Oc1ccnc(-c2nc3c(c(N(C)CC(=O)NC4(C(F)(F)F)CC4)n2)CCC3)c1. The van der Waals surface area contributed by atoms with Gasteiger partial charge in [0.15, 0.2) is 5.82 Å². The van der Waals surface area contributed by atoms with Crippen LogP contribution < -0.4 is 15.0 Å². The van der Waals surface area contributed by atoms with Crippen molar-refractivity contribution in [3.05, 3.63) is 29.6 Å². The maximum Gasteiger partial charge on any atom is 0.411 e. The van der Waals surface area contributed by atoms with Crippen LogP contribution in [-0.4, -0.2) is 77.8 Å². The third kappa shape index (κ3) is 5.66. The van der Waals surface area contributed by atoms with Crippen molar-refractivity contribution in [2.45, 2.75) is 56.8 Å². The fourth-order valence-corrected chi connectivity index (χ4v) is 4.43. The number of fused-ring (bicyclic) bond motifs is 1. The molecule has 2 heterocycles. The summed E-state index contributed by atoms with van der Waals surface area (Å²) in [5.74, 6) is 0.901. The predicted octanol–water partition coefficient (Wildman–Crippen LogP) is 3.00. The van der Waals surface area contributed by atoms with Crippen LogP contribution in [0, 0.1) is 0 Å². The van der Waals surface area contributed by atoms with E-state index in [4.69, 9.17) is 9.72 Å². The van der Waals surface area contributed by atoms with Crippen molar-refractivity contribution >= 4 is 11.7 Å². The summed E-state index contributed by atoms with van der Waals surface area (Å²) < 4.78 is 45.7. The molecule has 1 saturated carbocycles. The maximum absolute atomic E-state index is 13.2. The molecule has 35 heavy (non-hydrogen) atoms. The second-order valence-corrected chi connectivity index (χ2v) is 9.70. The summed E-state index contributed by atoms with van der Waals surface area (Å²) in [5, 5.41) is 2.18. The second-order valence-electron chi connectivity index (χ2n) is 9.70. The van der Waals surface area contributed by atoms with Crippen LogP contribution >= 0.6 is 0 Å². The third-order valence-corrected chi connectivity index (χ3v) is 6.24. The van der Waals surface area contributed by atoms with Gasteiger partial charge in [0, 0.05) is 37.1 Å². The van der Waals surface area contributed by atoms with Gasteiger partial charge in [-0.1, -0.05) is 0 Å². The average molecular weight is 493 g/mol. The number of carbonyl (C=O) groups excluding carboxylic acids is 1. The molecule has 1 amide bonds. The largest absolute Gasteiger partial charge is 0.489 e. The molecular formula is C24H31F3N6O2. The molecular weight excluding hydrogens is 461 g/mol. The van der Waals surface area contributed by atoms with E-state index in [1.807, 2.05) is 25.9 Å². The Morgan fingerprint density at radius 3 is 2.63 bits per heavy atom. The number of carbonyl (C=O) groups is 1. The van der Waals surface area contributed by atoms with Gasteiger partial charge in [0.2, 0.25) is 5.91 Å². The Morgan fingerprint density at radius 2 is 1.97 bits per heavy atom. The summed E-state index contributed by atoms with van der Waals surface area (Å²) >= 11 is 0. The highest BCUT2D eigenvalue weighted by Crippen LogP contribution is 2.48. The lowest BCUT2D eigenvalue weighted by Gasteiger charge is -2.24. The Labute approximate surface area is 202 Å². The van der Waals surface area contributed by atoms with Gasteiger partial charge in [-0.25, -0.2) is 9.97 Å². The van der Waals surface area contributed by atoms with Gasteiger partial charge in [-0.05, 0) is 59.2 Å². The number of nitrogens with one attached hydrogen (secondary N) is 1. The summed E-state index contributed by atoms with van der Waals surface area (Å²) in [5.41, 5.74) is 0.244. The Bertz CT molecular complexity index is 1090. The molecule has 0 aliphatic heterocycles. The number of amides is 1. The van der Waals surface area contributed by atoms with Crippen molar-refractivity contribution in [3.63, 3.8) is 0 Å². The standard InChI is InChI=1S/C24H31F3N6O2/c1-15(13-32(2)3)35-16-8-11-28-19(12-16)21-29-18-7-5-6-17(18)22(30-21)33(4)14-20(34)31-23(9-10-23)24(25,26)27/h8,11-12,15H,5-7,9-10,13-14H2,1-4H3,(H,31,34). The molecule has 0 saturated heterocycles. The van der Waals surface area contributed by atoms with E-state index in [0.717, 1.165) is 37.1 Å². The fourth-order valence-electron chi connectivity index (χ4n) is 4.43. The number of hydrogen-bond donors (Lipinski definition) is 1. The van der Waals surface area contributed by atoms with E-state index < -0.39 is 17.6 Å². The number of likely N-dealkylation sites (N-methyl/N-ethyl adjacent to an activating group) is 2. The molecule has 0 bridgehead atoms. The zero-order chi connectivity index (χ0) is 25.4. The molecule has 0 spiro atoms. The molecule has 1 unspecified atom stereocenters. The Kier molecular flexibility index (Phi) is 6.90. The number of rotatable bonds is 9. The summed E-state index contributed by atoms with van der Waals surface area (Å²) in [7, 11) is 5.61. The van der Waals surface area contributed by atoms with Gasteiger partial charge in [-0.15, -0.1) is 0 Å². The van der Waals surface area contributed by atoms with Crippen LogP contribution in [0.3, 0.4) is 0 Å². The van der Waals surface area contributed by atoms with Crippen LogP contribution in [0.4, 0.5) is 19.0 Å². The van der Waals surface area contributed by atoms with E-state index in [2.05, 4.69) is 15.3 Å². The molecule has 2 aliphatic carbocycles. The zero-order valence-corrected chi connectivity index (χ0v) is 20.4. The Balaban J connectivity index is 1.54. The molecule has 1 atom stereocenters. The van der Waals surface area contributed by atoms with Gasteiger partial charge in [-0.3, -0.25) is 9.78 Å². The van der Waals surface area contributed by atoms with Crippen molar-refractivity contribution < 1.29 is 22.7 Å². The first-order chi connectivity index (χ1) is 16.5. The number of aromatic nitrogens is 3. The summed E-state index contributed by atoms with van der Waals surface area (Å²) in [4.78, 5) is 29.9. The van der Waals surface area contributed by atoms with Crippen molar-refractivity contribution in [2.24, 2.45) is 0 Å². The first kappa shape index (κ1) is 25.2. The predicted molar refractivity (Wildman–Crippen MR) is 125 cm³/mol. The molecule has 2 aromatic heterocycles. The van der Waals surface area contributed by atoms with Crippen LogP contribution in [0.5, 0.6) is 5.75 Å². The monoisotopic (exact) mass is 492 g/mol. The fraction of sp³-hybridized carbons (Fsp3) is 0.583. The summed E-state index contributed by atoms with van der Waals surface area (Å²) in [6, 6.07) is 3.55. The molecule has 11 heteroatoms. The van der Waals surface area contributed by atoms with Crippen LogP contribution in [-0.2, 0) is 17.6 Å². The third-order valence-electron chi connectivity index (χ3n) is 6.24. The quantitative estimate of drug-likeness (QED) is 0.576. The van der Waals surface area contributed by atoms with Gasteiger partial charge in [0.25, 0.3) is 0 Å². The van der Waals surface area contributed by atoms with E-state index in [0.29, 0.717) is 23.1 Å². The van der Waals surface area contributed by atoms with Crippen LogP contribution in [0.15, 0.2) is 18.3 Å². The zero-order valence-electron chi connectivity index (χ0n) is 20.4. The van der Waals surface area contributed by atoms with Crippen molar-refractivity contribution in [1.29, 1.82) is 0 Å². The minimum atomic E-state index is -4.45. The van der Waals surface area contributed by atoms with E-state index in [1.165, 1.54) is 0 Å². The summed E-state index contributed by atoms with van der Waals surface area (Å²) in [6.45, 7) is 2.49. The Morgan fingerprint density at radius 1 is 1.23 bits per heavy atom. The molecule has 0 aromatic carbocycles. The second kappa shape index (κ2) is 9.60. The van der Waals surface area contributed by atoms with Crippen LogP contribution in [0.1, 0.15) is 37.4 Å². The number of hydrogen-bond acceptors (Lipinski definition) is 7. The smallest absolute Gasteiger partial charge is 0.411 e. The number of ether oxygens (including phenoxy) is 1. The van der Waals surface area contributed by atoms with Gasteiger partial charge in [0.05, 0.1) is 6.54 Å². The number of pyridine rings is 1. The molecule has 8 nitrogen and oxygen atoms in total. The van der Waals surface area contributed by atoms with E-state index in [9.17, 15) is 18.0 Å². The van der Waals surface area contributed by atoms with Crippen molar-refractivity contribution in [3.8, 4) is 17.3 Å². The normalized spacial score (nSPS) is 17.1. The number of halogens is 3. The van der Waals surface area contributed by atoms with Gasteiger partial charge < -0.3 is 19.9 Å². The molecule has 2 aromatic rings. The van der Waals surface area contributed by atoms with Crippen molar-refractivity contribution in [1.82, 2.24) is 25.2 Å². The Hall–Kier alpha value is -2.95. The topological polar surface area (TPSA) is 83.5 Å². The lowest BCUT2D eigenvalue weighted by molar-refractivity contribution is -0.170. The van der Waals surface area contributed by atoms with Crippen molar-refractivity contribution in [2.75, 3.05) is 39.1 Å². The van der Waals surface area contributed by atoms with E-state index in [1.54, 1.807) is 30.3 Å². The van der Waals surface area contributed by atoms with Gasteiger partial charge >= 0.3 is 6.18 Å². The molecule has 1 N–H and O–H groups in total. The number of aryl methyl sites for hydroxylation is 1. The lowest BCUT2D eigenvalue weighted by Crippen LogP contribution is -2.50. The minimum Gasteiger partial charge on any atom is -0.489 e. The first-order valence-corrected chi connectivity index (χ1v) is 11.7. The molecule has 190 valence electrons. The minimum absolute atomic E-state index is 0.0344. The molecule has 4 rings (SSSR count). The average Bonchev–Trinajstić information content (AvgIpc) is 3.39. The molecule has 2 aliphatic rings. The van der Waals surface area contributed by atoms with E-state index in [-0.39, 0.29) is 25.5 Å². The highest BCUT2D eigenvalue weighted by molar-refractivity contribution is 5.82. The van der Waals surface area contributed by atoms with Crippen LogP contribution in [0.25, 0.3) is 11.5 Å². The van der Waals surface area contributed by atoms with Crippen LogP contribution in [0.2, 0.25) is 0 Å². The highest BCUT2D eigenvalue weighted by Gasteiger charge is 2.64.